The zero-order valence-corrected chi connectivity index (χ0v) is 12.4. The van der Waals surface area contributed by atoms with Gasteiger partial charge in [0.25, 0.3) is 10.0 Å². The van der Waals surface area contributed by atoms with Crippen LogP contribution in [0.4, 0.5) is 0 Å². The molecule has 0 radical (unpaired) electrons. The highest BCUT2D eigenvalue weighted by atomic mass is 32.2. The Balaban J connectivity index is 2.19. The fraction of sp³-hybridized carbons (Fsp3) is 0.364. The molecule has 0 bridgehead atoms. The van der Waals surface area contributed by atoms with E-state index in [1.165, 1.54) is 15.6 Å². The molecule has 19 heavy (non-hydrogen) atoms. The maximum Gasteiger partial charge on any atom is 0.252 e. The van der Waals surface area contributed by atoms with Gasteiger partial charge in [-0.15, -0.1) is 11.3 Å². The number of rotatable bonds is 5. The fourth-order valence-corrected chi connectivity index (χ4v) is 4.26. The fourth-order valence-electron chi connectivity index (χ4n) is 1.66. The van der Waals surface area contributed by atoms with Crippen molar-refractivity contribution in [3.63, 3.8) is 0 Å². The second-order valence-corrected chi connectivity index (χ2v) is 7.65. The highest BCUT2D eigenvalue weighted by molar-refractivity contribution is 7.91. The van der Waals surface area contributed by atoms with E-state index in [1.54, 1.807) is 43.3 Å². The van der Waals surface area contributed by atoms with Gasteiger partial charge < -0.3 is 5.73 Å². The smallest absolute Gasteiger partial charge is 0.252 e. The van der Waals surface area contributed by atoms with Crippen LogP contribution in [0, 0.1) is 0 Å². The average Bonchev–Trinajstić information content (AvgIpc) is 2.98. The van der Waals surface area contributed by atoms with Gasteiger partial charge in [0, 0.05) is 43.8 Å². The second-order valence-electron chi connectivity index (χ2n) is 4.21. The summed E-state index contributed by atoms with van der Waals surface area (Å²) in [5.41, 5.74) is 6.35. The summed E-state index contributed by atoms with van der Waals surface area (Å²) in [5.74, 6) is 0. The Bertz CT molecular complexity index is 660. The quantitative estimate of drug-likeness (QED) is 0.884. The number of nitrogens with zero attached hydrogens (tertiary/aromatic N) is 3. The Labute approximate surface area is 116 Å². The van der Waals surface area contributed by atoms with Crippen molar-refractivity contribution in [2.45, 2.75) is 17.3 Å². The zero-order valence-electron chi connectivity index (χ0n) is 10.8. The third-order valence-electron chi connectivity index (χ3n) is 2.67. The number of nitrogens with two attached hydrogens (primary N) is 1. The monoisotopic (exact) mass is 300 g/mol. The molecular formula is C11H16N4O2S2. The van der Waals surface area contributed by atoms with E-state index in [9.17, 15) is 8.42 Å². The maximum absolute atomic E-state index is 12.3. The summed E-state index contributed by atoms with van der Waals surface area (Å²) in [6, 6.07) is 3.34. The highest BCUT2D eigenvalue weighted by Gasteiger charge is 2.23. The molecule has 0 aliphatic carbocycles. The van der Waals surface area contributed by atoms with E-state index in [2.05, 4.69) is 5.10 Å². The van der Waals surface area contributed by atoms with E-state index >= 15 is 0 Å². The van der Waals surface area contributed by atoms with Crippen LogP contribution in [0.3, 0.4) is 0 Å². The molecule has 2 rings (SSSR count). The van der Waals surface area contributed by atoms with E-state index in [1.807, 2.05) is 0 Å². The number of hydrogen-bond donors (Lipinski definition) is 1. The van der Waals surface area contributed by atoms with Crippen molar-refractivity contribution >= 4 is 21.4 Å². The SMILES string of the molecule is CN(Cc1cnn(C)c1)S(=O)(=O)c1ccc(CN)s1. The number of hydrogen-bond acceptors (Lipinski definition) is 5. The van der Waals surface area contributed by atoms with Crippen LogP contribution < -0.4 is 5.73 Å². The number of sulfonamides is 1. The molecule has 0 aliphatic rings. The summed E-state index contributed by atoms with van der Waals surface area (Å²) in [7, 11) is -0.102. The Morgan fingerprint density at radius 2 is 2.21 bits per heavy atom. The van der Waals surface area contributed by atoms with Crippen molar-refractivity contribution in [2.75, 3.05) is 7.05 Å². The summed E-state index contributed by atoms with van der Waals surface area (Å²) < 4.78 is 28.0. The topological polar surface area (TPSA) is 81.2 Å². The van der Waals surface area contributed by atoms with Gasteiger partial charge in [0.15, 0.2) is 0 Å². The molecule has 0 spiro atoms. The van der Waals surface area contributed by atoms with Gasteiger partial charge in [0.1, 0.15) is 4.21 Å². The first kappa shape index (κ1) is 14.2. The molecule has 0 amide bonds. The Kier molecular flexibility index (Phi) is 4.04. The third kappa shape index (κ3) is 3.03. The molecule has 0 unspecified atom stereocenters. The molecule has 104 valence electrons. The number of aryl methyl sites for hydroxylation is 1. The second kappa shape index (κ2) is 5.41. The van der Waals surface area contributed by atoms with Gasteiger partial charge >= 0.3 is 0 Å². The first-order valence-corrected chi connectivity index (χ1v) is 7.92. The van der Waals surface area contributed by atoms with E-state index < -0.39 is 10.0 Å². The lowest BCUT2D eigenvalue weighted by Gasteiger charge is -2.14. The van der Waals surface area contributed by atoms with Gasteiger partial charge in [-0.1, -0.05) is 0 Å². The molecule has 0 saturated carbocycles. The summed E-state index contributed by atoms with van der Waals surface area (Å²) in [5, 5.41) is 4.02. The van der Waals surface area contributed by atoms with Crippen LogP contribution in [0.1, 0.15) is 10.4 Å². The molecule has 2 heterocycles. The minimum Gasteiger partial charge on any atom is -0.326 e. The molecule has 2 aromatic heterocycles. The van der Waals surface area contributed by atoms with Crippen molar-refractivity contribution in [1.29, 1.82) is 0 Å². The molecule has 8 heteroatoms. The molecule has 0 atom stereocenters. The highest BCUT2D eigenvalue weighted by Crippen LogP contribution is 2.24. The van der Waals surface area contributed by atoms with Gasteiger partial charge in [-0.25, -0.2) is 8.42 Å². The standard InChI is InChI=1S/C11H16N4O2S2/c1-14-7-9(6-13-14)8-15(2)19(16,17)11-4-3-10(5-12)18-11/h3-4,6-7H,5,8,12H2,1-2H3. The molecule has 0 aromatic carbocycles. The molecule has 0 fully saturated rings. The van der Waals surface area contributed by atoms with E-state index in [-0.39, 0.29) is 0 Å². The van der Waals surface area contributed by atoms with Crippen LogP contribution in [0.15, 0.2) is 28.7 Å². The van der Waals surface area contributed by atoms with E-state index in [4.69, 9.17) is 5.73 Å². The summed E-state index contributed by atoms with van der Waals surface area (Å²) in [4.78, 5) is 0.855. The Morgan fingerprint density at radius 1 is 1.47 bits per heavy atom. The van der Waals surface area contributed by atoms with Gasteiger partial charge in [0.05, 0.1) is 6.20 Å². The van der Waals surface area contributed by atoms with Crippen LogP contribution in [-0.2, 0) is 30.2 Å². The van der Waals surface area contributed by atoms with Crippen LogP contribution in [0.5, 0.6) is 0 Å². The van der Waals surface area contributed by atoms with Crippen LogP contribution in [0.2, 0.25) is 0 Å². The molecule has 0 aliphatic heterocycles. The minimum absolute atomic E-state index is 0.298. The lowest BCUT2D eigenvalue weighted by atomic mass is 10.4. The Morgan fingerprint density at radius 3 is 2.74 bits per heavy atom. The van der Waals surface area contributed by atoms with Gasteiger partial charge in [0.2, 0.25) is 0 Å². The van der Waals surface area contributed by atoms with Crippen LogP contribution >= 0.6 is 11.3 Å². The minimum atomic E-state index is -3.46. The predicted molar refractivity (Wildman–Crippen MR) is 74.1 cm³/mol. The maximum atomic E-state index is 12.3. The Hall–Kier alpha value is -1.22. The third-order valence-corrected chi connectivity index (χ3v) is 6.04. The largest absolute Gasteiger partial charge is 0.326 e. The zero-order chi connectivity index (χ0) is 14.0. The molecule has 6 nitrogen and oxygen atoms in total. The van der Waals surface area contributed by atoms with Gasteiger partial charge in [-0.2, -0.15) is 9.40 Å². The summed E-state index contributed by atoms with van der Waals surface area (Å²) in [6.45, 7) is 0.651. The van der Waals surface area contributed by atoms with Crippen molar-refractivity contribution in [3.05, 3.63) is 35.0 Å². The lowest BCUT2D eigenvalue weighted by Crippen LogP contribution is -2.25. The molecular weight excluding hydrogens is 284 g/mol. The normalized spacial score (nSPS) is 12.2. The summed E-state index contributed by atoms with van der Waals surface area (Å²) >= 11 is 1.21. The predicted octanol–water partition coefficient (Wildman–Crippen LogP) is 0.761. The molecule has 0 saturated heterocycles. The molecule has 2 aromatic rings. The first-order valence-electron chi connectivity index (χ1n) is 5.66. The van der Waals surface area contributed by atoms with Crippen molar-refractivity contribution in [1.82, 2.24) is 14.1 Å². The van der Waals surface area contributed by atoms with E-state index in [0.717, 1.165) is 10.4 Å². The lowest BCUT2D eigenvalue weighted by molar-refractivity contribution is 0.468. The van der Waals surface area contributed by atoms with Crippen LogP contribution in [0.25, 0.3) is 0 Å². The van der Waals surface area contributed by atoms with Gasteiger partial charge in [-0.3, -0.25) is 4.68 Å². The van der Waals surface area contributed by atoms with Gasteiger partial charge in [-0.05, 0) is 12.1 Å². The van der Waals surface area contributed by atoms with Crippen molar-refractivity contribution in [3.8, 4) is 0 Å². The summed E-state index contributed by atoms with van der Waals surface area (Å²) in [6.07, 6.45) is 3.46. The first-order chi connectivity index (χ1) is 8.93. The van der Waals surface area contributed by atoms with Crippen LogP contribution in [-0.4, -0.2) is 29.6 Å². The average molecular weight is 300 g/mol. The number of thiophene rings is 1. The molecule has 2 N–H and O–H groups in total. The van der Waals surface area contributed by atoms with Crippen molar-refractivity contribution in [2.24, 2.45) is 12.8 Å². The van der Waals surface area contributed by atoms with E-state index in [0.29, 0.717) is 17.3 Å². The number of aromatic nitrogens is 2. The van der Waals surface area contributed by atoms with Crippen molar-refractivity contribution < 1.29 is 8.42 Å².